The Morgan fingerprint density at radius 2 is 2.28 bits per heavy atom. The SMILES string of the molecule is CNc1ccc2c(C#N)nc(-c3cccs3)n2c1. The van der Waals surface area contributed by atoms with E-state index in [1.54, 1.807) is 11.3 Å². The Hall–Kier alpha value is -2.32. The zero-order valence-electron chi connectivity index (χ0n) is 9.71. The molecular formula is C13H10N4S. The number of thiophene rings is 1. The summed E-state index contributed by atoms with van der Waals surface area (Å²) in [7, 11) is 1.87. The second kappa shape index (κ2) is 4.17. The third kappa shape index (κ3) is 1.55. The van der Waals surface area contributed by atoms with Crippen molar-refractivity contribution in [1.82, 2.24) is 9.38 Å². The number of nitriles is 1. The minimum atomic E-state index is 0.459. The molecule has 0 amide bonds. The van der Waals surface area contributed by atoms with Crippen LogP contribution in [0.1, 0.15) is 5.69 Å². The van der Waals surface area contributed by atoms with Crippen molar-refractivity contribution in [3.8, 4) is 16.8 Å². The highest BCUT2D eigenvalue weighted by atomic mass is 32.1. The molecule has 4 nitrogen and oxygen atoms in total. The summed E-state index contributed by atoms with van der Waals surface area (Å²) < 4.78 is 1.95. The lowest BCUT2D eigenvalue weighted by atomic mass is 10.3. The molecule has 0 aliphatic heterocycles. The third-order valence-electron chi connectivity index (χ3n) is 2.77. The number of hydrogen-bond donors (Lipinski definition) is 1. The largest absolute Gasteiger partial charge is 0.387 e. The van der Waals surface area contributed by atoms with Gasteiger partial charge in [-0.15, -0.1) is 11.3 Å². The fourth-order valence-corrected chi connectivity index (χ4v) is 2.61. The summed E-state index contributed by atoms with van der Waals surface area (Å²) in [5.74, 6) is 0.814. The van der Waals surface area contributed by atoms with Crippen LogP contribution in [0.4, 0.5) is 5.69 Å². The standard InChI is InChI=1S/C13H10N4S/c1-15-9-4-5-11-10(7-14)16-13(17(11)8-9)12-3-2-6-18-12/h2-6,8,15H,1H3. The Kier molecular flexibility index (Phi) is 2.50. The second-order valence-electron chi connectivity index (χ2n) is 3.80. The van der Waals surface area contributed by atoms with Gasteiger partial charge in [0.1, 0.15) is 6.07 Å². The van der Waals surface area contributed by atoms with Crippen molar-refractivity contribution in [2.24, 2.45) is 0 Å². The van der Waals surface area contributed by atoms with Gasteiger partial charge in [-0.1, -0.05) is 6.07 Å². The van der Waals surface area contributed by atoms with Gasteiger partial charge in [0.15, 0.2) is 11.5 Å². The van der Waals surface area contributed by atoms with Crippen LogP contribution in [0.2, 0.25) is 0 Å². The minimum Gasteiger partial charge on any atom is -0.387 e. The molecule has 0 saturated carbocycles. The van der Waals surface area contributed by atoms with Crippen LogP contribution >= 0.6 is 11.3 Å². The zero-order valence-corrected chi connectivity index (χ0v) is 10.5. The van der Waals surface area contributed by atoms with E-state index >= 15 is 0 Å². The molecule has 5 heteroatoms. The number of aromatic nitrogens is 2. The zero-order chi connectivity index (χ0) is 12.5. The van der Waals surface area contributed by atoms with Crippen molar-refractivity contribution in [3.05, 3.63) is 41.5 Å². The molecule has 0 bridgehead atoms. The average Bonchev–Trinajstić information content (AvgIpc) is 3.04. The normalized spacial score (nSPS) is 10.4. The third-order valence-corrected chi connectivity index (χ3v) is 3.64. The van der Waals surface area contributed by atoms with Gasteiger partial charge in [-0.2, -0.15) is 5.26 Å². The molecule has 1 N–H and O–H groups in total. The molecule has 0 atom stereocenters. The van der Waals surface area contributed by atoms with Gasteiger partial charge in [0.05, 0.1) is 16.1 Å². The number of fused-ring (bicyclic) bond motifs is 1. The number of nitrogens with one attached hydrogen (secondary N) is 1. The van der Waals surface area contributed by atoms with E-state index in [2.05, 4.69) is 16.4 Å². The Bertz CT molecular complexity index is 734. The van der Waals surface area contributed by atoms with Gasteiger partial charge in [-0.25, -0.2) is 4.98 Å². The maximum atomic E-state index is 9.13. The van der Waals surface area contributed by atoms with Gasteiger partial charge in [-0.05, 0) is 23.6 Å². The predicted molar refractivity (Wildman–Crippen MR) is 72.8 cm³/mol. The quantitative estimate of drug-likeness (QED) is 0.765. The monoisotopic (exact) mass is 254 g/mol. The highest BCUT2D eigenvalue weighted by Crippen LogP contribution is 2.27. The van der Waals surface area contributed by atoms with E-state index in [9.17, 15) is 0 Å². The van der Waals surface area contributed by atoms with Crippen LogP contribution in [0.25, 0.3) is 16.2 Å². The molecule has 0 aliphatic carbocycles. The lowest BCUT2D eigenvalue weighted by molar-refractivity contribution is 1.17. The first-order chi connectivity index (χ1) is 8.83. The van der Waals surface area contributed by atoms with E-state index in [4.69, 9.17) is 5.26 Å². The van der Waals surface area contributed by atoms with E-state index < -0.39 is 0 Å². The van der Waals surface area contributed by atoms with Crippen LogP contribution in [0.5, 0.6) is 0 Å². The molecule has 0 saturated heterocycles. The molecule has 0 aromatic carbocycles. The maximum absolute atomic E-state index is 9.13. The van der Waals surface area contributed by atoms with Gasteiger partial charge in [0.2, 0.25) is 0 Å². The lowest BCUT2D eigenvalue weighted by Gasteiger charge is -2.03. The molecule has 0 aliphatic rings. The second-order valence-corrected chi connectivity index (χ2v) is 4.74. The summed E-state index contributed by atoms with van der Waals surface area (Å²) in [5, 5.41) is 14.2. The van der Waals surface area contributed by atoms with E-state index in [0.29, 0.717) is 5.69 Å². The van der Waals surface area contributed by atoms with Gasteiger partial charge in [0.25, 0.3) is 0 Å². The van der Waals surface area contributed by atoms with Crippen LogP contribution in [0, 0.1) is 11.3 Å². The molecule has 0 fully saturated rings. The summed E-state index contributed by atoms with van der Waals surface area (Å²) in [6.07, 6.45) is 1.96. The van der Waals surface area contributed by atoms with Crippen LogP contribution < -0.4 is 5.32 Å². The summed E-state index contributed by atoms with van der Waals surface area (Å²) in [6, 6.07) is 9.98. The maximum Gasteiger partial charge on any atom is 0.166 e. The number of rotatable bonds is 2. The first-order valence-electron chi connectivity index (χ1n) is 5.47. The number of anilines is 1. The minimum absolute atomic E-state index is 0.459. The van der Waals surface area contributed by atoms with E-state index in [0.717, 1.165) is 21.9 Å². The Morgan fingerprint density at radius 1 is 1.39 bits per heavy atom. The summed E-state index contributed by atoms with van der Waals surface area (Å²) in [5.41, 5.74) is 2.28. The molecular weight excluding hydrogens is 244 g/mol. The van der Waals surface area contributed by atoms with E-state index in [1.807, 2.05) is 47.3 Å². The van der Waals surface area contributed by atoms with Crippen molar-refractivity contribution in [3.63, 3.8) is 0 Å². The van der Waals surface area contributed by atoms with E-state index in [1.165, 1.54) is 0 Å². The molecule has 3 rings (SSSR count). The van der Waals surface area contributed by atoms with Crippen molar-refractivity contribution < 1.29 is 0 Å². The number of hydrogen-bond acceptors (Lipinski definition) is 4. The van der Waals surface area contributed by atoms with Crippen molar-refractivity contribution >= 4 is 22.5 Å². The fourth-order valence-electron chi connectivity index (χ4n) is 1.90. The highest BCUT2D eigenvalue weighted by Gasteiger charge is 2.13. The Morgan fingerprint density at radius 3 is 2.94 bits per heavy atom. The van der Waals surface area contributed by atoms with Crippen molar-refractivity contribution in [1.29, 1.82) is 5.26 Å². The summed E-state index contributed by atoms with van der Waals surface area (Å²) in [4.78, 5) is 5.47. The van der Waals surface area contributed by atoms with Gasteiger partial charge in [0, 0.05) is 13.2 Å². The van der Waals surface area contributed by atoms with Crippen molar-refractivity contribution in [2.45, 2.75) is 0 Å². The molecule has 0 unspecified atom stereocenters. The van der Waals surface area contributed by atoms with Crippen LogP contribution in [-0.2, 0) is 0 Å². The summed E-state index contributed by atoms with van der Waals surface area (Å²) in [6.45, 7) is 0. The molecule has 18 heavy (non-hydrogen) atoms. The van der Waals surface area contributed by atoms with Gasteiger partial charge >= 0.3 is 0 Å². The van der Waals surface area contributed by atoms with E-state index in [-0.39, 0.29) is 0 Å². The highest BCUT2D eigenvalue weighted by molar-refractivity contribution is 7.13. The Balaban J connectivity index is 2.34. The van der Waals surface area contributed by atoms with Crippen LogP contribution in [0.15, 0.2) is 35.8 Å². The predicted octanol–water partition coefficient (Wildman–Crippen LogP) is 2.98. The molecule has 3 heterocycles. The average molecular weight is 254 g/mol. The van der Waals surface area contributed by atoms with Crippen LogP contribution in [0.3, 0.4) is 0 Å². The van der Waals surface area contributed by atoms with Crippen LogP contribution in [-0.4, -0.2) is 16.4 Å². The van der Waals surface area contributed by atoms with Crippen molar-refractivity contribution in [2.75, 3.05) is 12.4 Å². The fraction of sp³-hybridized carbons (Fsp3) is 0.0769. The Labute approximate surface area is 108 Å². The molecule has 3 aromatic rings. The lowest BCUT2D eigenvalue weighted by Crippen LogP contribution is -1.93. The first kappa shape index (κ1) is 10.8. The number of nitrogens with zero attached hydrogens (tertiary/aromatic N) is 3. The number of pyridine rings is 1. The smallest absolute Gasteiger partial charge is 0.166 e. The van der Waals surface area contributed by atoms with Gasteiger partial charge in [-0.3, -0.25) is 4.40 Å². The number of imidazole rings is 1. The first-order valence-corrected chi connectivity index (χ1v) is 6.35. The van der Waals surface area contributed by atoms with Gasteiger partial charge < -0.3 is 5.32 Å². The molecule has 0 radical (unpaired) electrons. The topological polar surface area (TPSA) is 53.1 Å². The molecule has 88 valence electrons. The summed E-state index contributed by atoms with van der Waals surface area (Å²) >= 11 is 1.61. The molecule has 0 spiro atoms. The molecule has 3 aromatic heterocycles.